The summed E-state index contributed by atoms with van der Waals surface area (Å²) in [6.45, 7) is 2.42. The Balaban J connectivity index is 1.56. The Labute approximate surface area is 157 Å². The van der Waals surface area contributed by atoms with Crippen molar-refractivity contribution in [2.75, 3.05) is 23.9 Å². The fourth-order valence-corrected chi connectivity index (χ4v) is 2.94. The minimum atomic E-state index is -0.438. The monoisotopic (exact) mass is 367 g/mol. The van der Waals surface area contributed by atoms with Gasteiger partial charge in [-0.25, -0.2) is 9.59 Å². The van der Waals surface area contributed by atoms with Gasteiger partial charge in [0.15, 0.2) is 0 Å². The molecule has 0 aromatic heterocycles. The molecule has 2 N–H and O–H groups in total. The first-order valence-electron chi connectivity index (χ1n) is 8.59. The van der Waals surface area contributed by atoms with Gasteiger partial charge in [-0.1, -0.05) is 17.7 Å². The number of methoxy groups -OCH3 is 1. The summed E-state index contributed by atoms with van der Waals surface area (Å²) in [6, 6.07) is 13.4. The number of carbonyl (C=O) groups excluding carboxylic acids is 3. The van der Waals surface area contributed by atoms with Crippen molar-refractivity contribution in [3.8, 4) is 0 Å². The first-order valence-corrected chi connectivity index (χ1v) is 8.59. The zero-order chi connectivity index (χ0) is 19.4. The maximum Gasteiger partial charge on any atom is 0.337 e. The Morgan fingerprint density at radius 1 is 1.07 bits per heavy atom. The van der Waals surface area contributed by atoms with Gasteiger partial charge in [0.2, 0.25) is 5.91 Å². The number of amides is 3. The minimum absolute atomic E-state index is 0.0217. The van der Waals surface area contributed by atoms with Crippen molar-refractivity contribution in [1.29, 1.82) is 0 Å². The second kappa shape index (κ2) is 7.90. The average Bonchev–Trinajstić information content (AvgIpc) is 3.02. The summed E-state index contributed by atoms with van der Waals surface area (Å²) in [4.78, 5) is 37.5. The number of benzene rings is 2. The molecule has 0 radical (unpaired) electrons. The summed E-state index contributed by atoms with van der Waals surface area (Å²) < 4.78 is 4.63. The molecule has 7 nitrogen and oxygen atoms in total. The van der Waals surface area contributed by atoms with Crippen LogP contribution >= 0.6 is 0 Å². The number of ether oxygens (including phenoxy) is 1. The van der Waals surface area contributed by atoms with E-state index in [1.54, 1.807) is 29.2 Å². The highest BCUT2D eigenvalue weighted by Gasteiger charge is 2.31. The fraction of sp³-hybridized carbons (Fsp3) is 0.250. The Hall–Kier alpha value is -3.35. The summed E-state index contributed by atoms with van der Waals surface area (Å²) in [5.41, 5.74) is 2.89. The molecule has 1 fully saturated rings. The number of hydrogen-bond acceptors (Lipinski definition) is 4. The summed E-state index contributed by atoms with van der Waals surface area (Å²) in [5.74, 6) is -0.460. The molecule has 0 spiro atoms. The molecule has 7 heteroatoms. The Bertz CT molecular complexity index is 847. The summed E-state index contributed by atoms with van der Waals surface area (Å²) >= 11 is 0. The van der Waals surface area contributed by atoms with Gasteiger partial charge in [0.25, 0.3) is 0 Å². The highest BCUT2D eigenvalue weighted by Crippen LogP contribution is 2.22. The highest BCUT2D eigenvalue weighted by molar-refractivity contribution is 5.98. The van der Waals surface area contributed by atoms with Crippen LogP contribution in [0.1, 0.15) is 22.3 Å². The van der Waals surface area contributed by atoms with E-state index in [4.69, 9.17) is 0 Å². The fourth-order valence-electron chi connectivity index (χ4n) is 2.94. The van der Waals surface area contributed by atoms with Crippen LogP contribution in [0.15, 0.2) is 48.5 Å². The van der Waals surface area contributed by atoms with Crippen LogP contribution in [0.25, 0.3) is 0 Å². The van der Waals surface area contributed by atoms with Gasteiger partial charge < -0.3 is 20.3 Å². The molecule has 3 amide bonds. The molecule has 3 rings (SSSR count). The number of nitrogens with zero attached hydrogens (tertiary/aromatic N) is 1. The van der Waals surface area contributed by atoms with Gasteiger partial charge in [-0.2, -0.15) is 0 Å². The maximum atomic E-state index is 12.3. The van der Waals surface area contributed by atoms with Crippen molar-refractivity contribution < 1.29 is 19.1 Å². The summed E-state index contributed by atoms with van der Waals surface area (Å²) in [5, 5.41) is 5.51. The van der Waals surface area contributed by atoms with Crippen LogP contribution in [0.5, 0.6) is 0 Å². The van der Waals surface area contributed by atoms with Crippen LogP contribution in [0.4, 0.5) is 16.2 Å². The topological polar surface area (TPSA) is 87.7 Å². The SMILES string of the molecule is COC(=O)c1ccc(NC(=O)N[C@@H]2CC(=O)N(c3ccc(C)cc3)C2)cc1. The van der Waals surface area contributed by atoms with Gasteiger partial charge in [-0.05, 0) is 43.3 Å². The van der Waals surface area contributed by atoms with E-state index in [1.807, 2.05) is 31.2 Å². The van der Waals surface area contributed by atoms with Crippen LogP contribution in [0.3, 0.4) is 0 Å². The van der Waals surface area contributed by atoms with E-state index in [0.717, 1.165) is 11.3 Å². The van der Waals surface area contributed by atoms with Crippen LogP contribution in [-0.4, -0.2) is 37.6 Å². The number of esters is 1. The van der Waals surface area contributed by atoms with E-state index in [2.05, 4.69) is 15.4 Å². The Morgan fingerprint density at radius 2 is 1.74 bits per heavy atom. The summed E-state index contributed by atoms with van der Waals surface area (Å²) in [6.07, 6.45) is 0.253. The molecule has 0 saturated carbocycles. The van der Waals surface area contributed by atoms with Crippen LogP contribution < -0.4 is 15.5 Å². The molecule has 1 aliphatic rings. The number of anilines is 2. The van der Waals surface area contributed by atoms with Crippen LogP contribution in [0.2, 0.25) is 0 Å². The normalized spacial score (nSPS) is 16.1. The van der Waals surface area contributed by atoms with Crippen molar-refractivity contribution in [3.63, 3.8) is 0 Å². The van der Waals surface area contributed by atoms with Gasteiger partial charge in [0.1, 0.15) is 0 Å². The smallest absolute Gasteiger partial charge is 0.337 e. The molecular formula is C20H21N3O4. The van der Waals surface area contributed by atoms with Gasteiger partial charge in [0.05, 0.1) is 18.7 Å². The molecule has 1 saturated heterocycles. The van der Waals surface area contributed by atoms with Crippen LogP contribution in [-0.2, 0) is 9.53 Å². The van der Waals surface area contributed by atoms with E-state index in [0.29, 0.717) is 17.8 Å². The number of nitrogens with one attached hydrogen (secondary N) is 2. The molecule has 1 atom stereocenters. The number of hydrogen-bond donors (Lipinski definition) is 2. The Morgan fingerprint density at radius 3 is 2.37 bits per heavy atom. The van der Waals surface area contributed by atoms with Crippen LogP contribution in [0, 0.1) is 6.92 Å². The predicted octanol–water partition coefficient (Wildman–Crippen LogP) is 2.71. The molecule has 1 aliphatic heterocycles. The maximum absolute atomic E-state index is 12.3. The minimum Gasteiger partial charge on any atom is -0.465 e. The van der Waals surface area contributed by atoms with E-state index in [9.17, 15) is 14.4 Å². The number of urea groups is 1. The van der Waals surface area contributed by atoms with Crippen molar-refractivity contribution in [1.82, 2.24) is 5.32 Å². The van der Waals surface area contributed by atoms with Crippen molar-refractivity contribution in [3.05, 3.63) is 59.7 Å². The second-order valence-corrected chi connectivity index (χ2v) is 6.41. The quantitative estimate of drug-likeness (QED) is 0.814. The average molecular weight is 367 g/mol. The number of carbonyl (C=O) groups is 3. The lowest BCUT2D eigenvalue weighted by Crippen LogP contribution is -2.39. The van der Waals surface area contributed by atoms with Gasteiger partial charge >= 0.3 is 12.0 Å². The highest BCUT2D eigenvalue weighted by atomic mass is 16.5. The molecule has 0 bridgehead atoms. The van der Waals surface area contributed by atoms with Gasteiger partial charge in [0, 0.05) is 24.3 Å². The third-order valence-electron chi connectivity index (χ3n) is 4.37. The standard InChI is InChI=1S/C20H21N3O4/c1-13-3-9-17(10-4-13)23-12-16(11-18(23)24)22-20(26)21-15-7-5-14(6-8-15)19(25)27-2/h3-10,16H,11-12H2,1-2H3,(H2,21,22,26)/t16-/m1/s1. The molecule has 140 valence electrons. The van der Waals surface area contributed by atoms with E-state index in [1.165, 1.54) is 7.11 Å². The lowest BCUT2D eigenvalue weighted by molar-refractivity contribution is -0.117. The third kappa shape index (κ3) is 4.44. The summed E-state index contributed by atoms with van der Waals surface area (Å²) in [7, 11) is 1.31. The molecule has 1 heterocycles. The molecule has 0 unspecified atom stereocenters. The van der Waals surface area contributed by atoms with E-state index in [-0.39, 0.29) is 18.4 Å². The van der Waals surface area contributed by atoms with Crippen molar-refractivity contribution in [2.45, 2.75) is 19.4 Å². The number of aryl methyl sites for hydroxylation is 1. The van der Waals surface area contributed by atoms with Gasteiger partial charge in [-0.15, -0.1) is 0 Å². The first kappa shape index (κ1) is 18.4. The molecule has 0 aliphatic carbocycles. The molecular weight excluding hydrogens is 346 g/mol. The third-order valence-corrected chi connectivity index (χ3v) is 4.37. The lowest BCUT2D eigenvalue weighted by Gasteiger charge is -2.17. The van der Waals surface area contributed by atoms with Gasteiger partial charge in [-0.3, -0.25) is 4.79 Å². The van der Waals surface area contributed by atoms with E-state index >= 15 is 0 Å². The molecule has 2 aromatic carbocycles. The second-order valence-electron chi connectivity index (χ2n) is 6.41. The lowest BCUT2D eigenvalue weighted by atomic mass is 10.2. The van der Waals surface area contributed by atoms with Crippen molar-refractivity contribution in [2.24, 2.45) is 0 Å². The van der Waals surface area contributed by atoms with Crippen molar-refractivity contribution >= 4 is 29.3 Å². The zero-order valence-corrected chi connectivity index (χ0v) is 15.2. The van der Waals surface area contributed by atoms with E-state index < -0.39 is 12.0 Å². The molecule has 2 aromatic rings. The first-order chi connectivity index (χ1) is 13.0. The predicted molar refractivity (Wildman–Crippen MR) is 102 cm³/mol. The zero-order valence-electron chi connectivity index (χ0n) is 15.2. The number of rotatable bonds is 4. The molecule has 27 heavy (non-hydrogen) atoms. The largest absolute Gasteiger partial charge is 0.465 e. The Kier molecular flexibility index (Phi) is 5.40.